The van der Waals surface area contributed by atoms with Crippen molar-refractivity contribution in [1.82, 2.24) is 0 Å². The van der Waals surface area contributed by atoms with Crippen LogP contribution in [0.5, 0.6) is 5.75 Å². The number of rotatable bonds is 4. The van der Waals surface area contributed by atoms with Gasteiger partial charge >= 0.3 is 6.36 Å². The first-order chi connectivity index (χ1) is 8.04. The van der Waals surface area contributed by atoms with Crippen molar-refractivity contribution in [1.29, 1.82) is 0 Å². The number of halogens is 3. The fraction of sp³-hybridized carbons (Fsp3) is 0.500. The van der Waals surface area contributed by atoms with E-state index in [1.807, 2.05) is 0 Å². The molecule has 2 nitrogen and oxygen atoms in total. The average molecular weight is 245 g/mol. The lowest BCUT2D eigenvalue weighted by atomic mass is 9.85. The van der Waals surface area contributed by atoms with E-state index < -0.39 is 6.36 Å². The number of hydrogen-bond donors (Lipinski definition) is 1. The predicted molar refractivity (Wildman–Crippen MR) is 59.0 cm³/mol. The van der Waals surface area contributed by atoms with Crippen LogP contribution in [-0.4, -0.2) is 12.9 Å². The number of anilines is 1. The zero-order chi connectivity index (χ0) is 12.3. The molecule has 1 aliphatic rings. The van der Waals surface area contributed by atoms with Gasteiger partial charge in [0.1, 0.15) is 0 Å². The van der Waals surface area contributed by atoms with Crippen molar-refractivity contribution in [2.75, 3.05) is 11.9 Å². The van der Waals surface area contributed by atoms with Crippen molar-refractivity contribution in [3.05, 3.63) is 24.3 Å². The van der Waals surface area contributed by atoms with E-state index in [4.69, 9.17) is 0 Å². The third-order valence-electron chi connectivity index (χ3n) is 2.92. The summed E-state index contributed by atoms with van der Waals surface area (Å²) in [5.41, 5.74) is 0.400. The van der Waals surface area contributed by atoms with Crippen molar-refractivity contribution < 1.29 is 17.9 Å². The Kier molecular flexibility index (Phi) is 3.45. The first-order valence-electron chi connectivity index (χ1n) is 5.63. The van der Waals surface area contributed by atoms with Crippen molar-refractivity contribution in [3.8, 4) is 5.75 Å². The van der Waals surface area contributed by atoms with E-state index in [0.29, 0.717) is 18.2 Å². The molecule has 0 radical (unpaired) electrons. The number of ether oxygens (including phenoxy) is 1. The quantitative estimate of drug-likeness (QED) is 0.871. The molecule has 1 saturated carbocycles. The highest BCUT2D eigenvalue weighted by atomic mass is 19.4. The van der Waals surface area contributed by atoms with E-state index in [9.17, 15) is 13.2 Å². The van der Waals surface area contributed by atoms with Gasteiger partial charge in [0.2, 0.25) is 0 Å². The summed E-state index contributed by atoms with van der Waals surface area (Å²) in [5.74, 6) is 0.410. The smallest absolute Gasteiger partial charge is 0.404 e. The van der Waals surface area contributed by atoms with Gasteiger partial charge in [-0.05, 0) is 30.9 Å². The molecule has 0 atom stereocenters. The molecule has 2 rings (SSSR count). The van der Waals surface area contributed by atoms with Crippen LogP contribution in [0.2, 0.25) is 0 Å². The van der Waals surface area contributed by atoms with Crippen LogP contribution in [0.25, 0.3) is 0 Å². The molecule has 0 aliphatic heterocycles. The van der Waals surface area contributed by atoms with E-state index in [1.54, 1.807) is 12.1 Å². The van der Waals surface area contributed by atoms with Crippen molar-refractivity contribution in [2.45, 2.75) is 25.6 Å². The second-order valence-electron chi connectivity index (χ2n) is 4.22. The minimum atomic E-state index is -4.64. The molecular weight excluding hydrogens is 231 g/mol. The maximum Gasteiger partial charge on any atom is 0.573 e. The van der Waals surface area contributed by atoms with Gasteiger partial charge in [-0.15, -0.1) is 13.2 Å². The normalized spacial score (nSPS) is 16.4. The zero-order valence-corrected chi connectivity index (χ0v) is 9.26. The Balaban J connectivity index is 1.99. The summed E-state index contributed by atoms with van der Waals surface area (Å²) < 4.78 is 40.4. The van der Waals surface area contributed by atoms with Gasteiger partial charge in [-0.25, -0.2) is 0 Å². The van der Waals surface area contributed by atoms with Gasteiger partial charge in [-0.3, -0.25) is 0 Å². The van der Waals surface area contributed by atoms with Crippen molar-refractivity contribution in [3.63, 3.8) is 0 Å². The molecule has 0 saturated heterocycles. The van der Waals surface area contributed by atoms with E-state index in [2.05, 4.69) is 10.1 Å². The number of alkyl halides is 3. The minimum absolute atomic E-state index is 0.167. The van der Waals surface area contributed by atoms with Gasteiger partial charge < -0.3 is 10.1 Å². The molecule has 1 aliphatic carbocycles. The molecule has 0 bridgehead atoms. The third kappa shape index (κ3) is 3.54. The Bertz CT molecular complexity index is 374. The first kappa shape index (κ1) is 12.1. The van der Waals surface area contributed by atoms with Gasteiger partial charge in [0, 0.05) is 6.54 Å². The third-order valence-corrected chi connectivity index (χ3v) is 2.92. The molecule has 17 heavy (non-hydrogen) atoms. The van der Waals surface area contributed by atoms with Gasteiger partial charge in [0.25, 0.3) is 0 Å². The largest absolute Gasteiger partial charge is 0.573 e. The molecule has 1 aromatic rings. The Morgan fingerprint density at radius 1 is 1.24 bits per heavy atom. The predicted octanol–water partition coefficient (Wildman–Crippen LogP) is 3.80. The molecule has 1 fully saturated rings. The van der Waals surface area contributed by atoms with E-state index in [0.717, 1.165) is 12.8 Å². The van der Waals surface area contributed by atoms with Crippen LogP contribution in [0.1, 0.15) is 19.3 Å². The Morgan fingerprint density at radius 3 is 2.53 bits per heavy atom. The Morgan fingerprint density at radius 2 is 1.94 bits per heavy atom. The summed E-state index contributed by atoms with van der Waals surface area (Å²) >= 11 is 0. The molecule has 0 spiro atoms. The fourth-order valence-corrected chi connectivity index (χ4v) is 1.78. The SMILES string of the molecule is FC(F)(F)Oc1ccccc1NCC1CCC1. The minimum Gasteiger partial charge on any atom is -0.404 e. The average Bonchev–Trinajstić information content (AvgIpc) is 2.16. The molecule has 1 aromatic carbocycles. The molecule has 0 amide bonds. The molecule has 94 valence electrons. The van der Waals surface area contributed by atoms with Crippen LogP contribution < -0.4 is 10.1 Å². The maximum atomic E-state index is 12.1. The highest BCUT2D eigenvalue weighted by Crippen LogP contribution is 2.32. The molecule has 5 heteroatoms. The van der Waals surface area contributed by atoms with Crippen LogP contribution in [0.15, 0.2) is 24.3 Å². The number of benzene rings is 1. The molecule has 1 N–H and O–H groups in total. The first-order valence-corrected chi connectivity index (χ1v) is 5.63. The van der Waals surface area contributed by atoms with E-state index in [-0.39, 0.29) is 5.75 Å². The topological polar surface area (TPSA) is 21.3 Å². The molecular formula is C12H14F3NO. The maximum absolute atomic E-state index is 12.1. The lowest BCUT2D eigenvalue weighted by molar-refractivity contribution is -0.274. The molecule has 0 heterocycles. The van der Waals surface area contributed by atoms with Crippen LogP contribution >= 0.6 is 0 Å². The van der Waals surface area contributed by atoms with Gasteiger partial charge in [0.05, 0.1) is 5.69 Å². The van der Waals surface area contributed by atoms with Crippen LogP contribution in [0.3, 0.4) is 0 Å². The summed E-state index contributed by atoms with van der Waals surface area (Å²) in [7, 11) is 0. The highest BCUT2D eigenvalue weighted by molar-refractivity contribution is 5.56. The monoisotopic (exact) mass is 245 g/mol. The van der Waals surface area contributed by atoms with Gasteiger partial charge in [-0.1, -0.05) is 18.6 Å². The van der Waals surface area contributed by atoms with Crippen LogP contribution in [0.4, 0.5) is 18.9 Å². The summed E-state index contributed by atoms with van der Waals surface area (Å²) in [5, 5.41) is 3.01. The Labute approximate surface area is 97.8 Å². The fourth-order valence-electron chi connectivity index (χ4n) is 1.78. The standard InChI is InChI=1S/C12H14F3NO/c13-12(14,15)17-11-7-2-1-6-10(11)16-8-9-4-3-5-9/h1-2,6-7,9,16H,3-5,8H2. The van der Waals surface area contributed by atoms with Crippen molar-refractivity contribution in [2.24, 2.45) is 5.92 Å². The summed E-state index contributed by atoms with van der Waals surface area (Å²) in [6, 6.07) is 6.12. The zero-order valence-electron chi connectivity index (χ0n) is 9.26. The van der Waals surface area contributed by atoms with E-state index in [1.165, 1.54) is 18.6 Å². The summed E-state index contributed by atoms with van der Waals surface area (Å²) in [6.07, 6.45) is -1.13. The second kappa shape index (κ2) is 4.85. The highest BCUT2D eigenvalue weighted by Gasteiger charge is 2.32. The molecule has 0 unspecified atom stereocenters. The number of hydrogen-bond acceptors (Lipinski definition) is 2. The van der Waals surface area contributed by atoms with Crippen molar-refractivity contribution >= 4 is 5.69 Å². The van der Waals surface area contributed by atoms with Gasteiger partial charge in [0.15, 0.2) is 5.75 Å². The molecule has 0 aromatic heterocycles. The lowest BCUT2D eigenvalue weighted by Gasteiger charge is -2.26. The summed E-state index contributed by atoms with van der Waals surface area (Å²) in [6.45, 7) is 0.707. The summed E-state index contributed by atoms with van der Waals surface area (Å²) in [4.78, 5) is 0. The van der Waals surface area contributed by atoms with E-state index >= 15 is 0 Å². The number of para-hydroxylation sites is 2. The Hall–Kier alpha value is -1.39. The second-order valence-corrected chi connectivity index (χ2v) is 4.22. The van der Waals surface area contributed by atoms with Crippen LogP contribution in [0, 0.1) is 5.92 Å². The number of nitrogens with one attached hydrogen (secondary N) is 1. The van der Waals surface area contributed by atoms with Gasteiger partial charge in [-0.2, -0.15) is 0 Å². The lowest BCUT2D eigenvalue weighted by Crippen LogP contribution is -2.22. The van der Waals surface area contributed by atoms with Crippen LogP contribution in [-0.2, 0) is 0 Å².